The topological polar surface area (TPSA) is 21.3 Å². The fraction of sp³-hybridized carbons (Fsp3) is 0.538. The zero-order chi connectivity index (χ0) is 11.3. The van der Waals surface area contributed by atoms with Crippen LogP contribution in [0.2, 0.25) is 0 Å². The number of anilines is 1. The summed E-state index contributed by atoms with van der Waals surface area (Å²) in [5.74, 6) is 0.595. The minimum absolute atomic E-state index is 0.595. The molecule has 0 bridgehead atoms. The van der Waals surface area contributed by atoms with E-state index in [1.54, 1.807) is 7.11 Å². The second-order valence-corrected chi connectivity index (χ2v) is 4.15. The molecule has 0 atom stereocenters. The van der Waals surface area contributed by atoms with Crippen molar-refractivity contribution in [3.63, 3.8) is 0 Å². The Balaban J connectivity index is 2.65. The first-order chi connectivity index (χ1) is 7.15. The van der Waals surface area contributed by atoms with Crippen molar-refractivity contribution in [3.8, 4) is 0 Å². The van der Waals surface area contributed by atoms with E-state index in [4.69, 9.17) is 4.74 Å². The molecule has 0 amide bonds. The Morgan fingerprint density at radius 2 is 2.07 bits per heavy atom. The van der Waals surface area contributed by atoms with Crippen LogP contribution in [0.4, 0.5) is 5.69 Å². The van der Waals surface area contributed by atoms with E-state index in [0.717, 1.165) is 13.2 Å². The van der Waals surface area contributed by atoms with Crippen LogP contribution in [0.25, 0.3) is 0 Å². The maximum Gasteiger partial charge on any atom is 0.0635 e. The fourth-order valence-electron chi connectivity index (χ4n) is 1.73. The molecule has 0 saturated carbocycles. The summed E-state index contributed by atoms with van der Waals surface area (Å²) in [6.07, 6.45) is 0. The van der Waals surface area contributed by atoms with E-state index in [2.05, 4.69) is 44.3 Å². The first-order valence-electron chi connectivity index (χ1n) is 5.48. The Bertz CT molecular complexity index is 307. The minimum atomic E-state index is 0.595. The first kappa shape index (κ1) is 12.1. The Morgan fingerprint density at radius 3 is 2.60 bits per heavy atom. The molecule has 1 aromatic rings. The lowest BCUT2D eigenvalue weighted by molar-refractivity contribution is 0.211. The molecule has 0 aromatic heterocycles. The molecule has 0 unspecified atom stereocenters. The van der Waals surface area contributed by atoms with Gasteiger partial charge in [-0.3, -0.25) is 0 Å². The summed E-state index contributed by atoms with van der Waals surface area (Å²) in [7, 11) is 1.72. The van der Waals surface area contributed by atoms with Crippen LogP contribution in [0.5, 0.6) is 0 Å². The lowest BCUT2D eigenvalue weighted by atomic mass is 9.98. The predicted molar refractivity (Wildman–Crippen MR) is 65.6 cm³/mol. The number of hydrogen-bond donors (Lipinski definition) is 1. The molecule has 2 heteroatoms. The summed E-state index contributed by atoms with van der Waals surface area (Å²) in [5, 5.41) is 3.33. The van der Waals surface area contributed by atoms with Gasteiger partial charge in [-0.15, -0.1) is 0 Å². The van der Waals surface area contributed by atoms with Gasteiger partial charge in [0.2, 0.25) is 0 Å². The smallest absolute Gasteiger partial charge is 0.0635 e. The van der Waals surface area contributed by atoms with Crippen molar-refractivity contribution in [2.45, 2.75) is 26.7 Å². The highest BCUT2D eigenvalue weighted by Gasteiger charge is 2.03. The van der Waals surface area contributed by atoms with E-state index in [9.17, 15) is 0 Å². The summed E-state index contributed by atoms with van der Waals surface area (Å²) in [6.45, 7) is 8.21. The Morgan fingerprint density at radius 1 is 1.33 bits per heavy atom. The summed E-state index contributed by atoms with van der Waals surface area (Å²) in [5.41, 5.74) is 3.95. The third kappa shape index (κ3) is 3.56. The first-order valence-corrected chi connectivity index (χ1v) is 5.48. The van der Waals surface area contributed by atoms with E-state index < -0.39 is 0 Å². The lowest BCUT2D eigenvalue weighted by Gasteiger charge is -2.12. The van der Waals surface area contributed by atoms with Gasteiger partial charge in [-0.25, -0.2) is 0 Å². The van der Waals surface area contributed by atoms with E-state index in [1.807, 2.05) is 0 Å². The van der Waals surface area contributed by atoms with Crippen molar-refractivity contribution in [2.24, 2.45) is 0 Å². The van der Waals surface area contributed by atoms with Gasteiger partial charge in [0.25, 0.3) is 0 Å². The van der Waals surface area contributed by atoms with E-state index in [0.29, 0.717) is 5.92 Å². The van der Waals surface area contributed by atoms with Gasteiger partial charge in [-0.2, -0.15) is 0 Å². The monoisotopic (exact) mass is 207 g/mol. The molecular weight excluding hydrogens is 186 g/mol. The average Bonchev–Trinajstić information content (AvgIpc) is 2.17. The minimum Gasteiger partial charge on any atom is -0.383 e. The highest BCUT2D eigenvalue weighted by molar-refractivity contribution is 5.49. The summed E-state index contributed by atoms with van der Waals surface area (Å²) < 4.78 is 4.99. The van der Waals surface area contributed by atoms with Crippen molar-refractivity contribution < 1.29 is 4.74 Å². The number of ether oxygens (including phenoxy) is 1. The predicted octanol–water partition coefficient (Wildman–Crippen LogP) is 3.18. The Labute approximate surface area is 92.6 Å². The molecule has 0 aliphatic heterocycles. The van der Waals surface area contributed by atoms with Gasteiger partial charge in [0.1, 0.15) is 0 Å². The van der Waals surface area contributed by atoms with Crippen LogP contribution >= 0.6 is 0 Å². The molecule has 0 aliphatic rings. The van der Waals surface area contributed by atoms with Crippen LogP contribution in [0.1, 0.15) is 30.9 Å². The Kier molecular flexibility index (Phi) is 4.63. The van der Waals surface area contributed by atoms with Gasteiger partial charge in [-0.05, 0) is 36.1 Å². The zero-order valence-electron chi connectivity index (χ0n) is 10.1. The van der Waals surface area contributed by atoms with Crippen LogP contribution in [0.15, 0.2) is 18.2 Å². The van der Waals surface area contributed by atoms with E-state index >= 15 is 0 Å². The second-order valence-electron chi connectivity index (χ2n) is 4.15. The van der Waals surface area contributed by atoms with Gasteiger partial charge in [0, 0.05) is 19.3 Å². The highest BCUT2D eigenvalue weighted by Crippen LogP contribution is 2.21. The van der Waals surface area contributed by atoms with Crippen LogP contribution in [0, 0.1) is 6.92 Å². The van der Waals surface area contributed by atoms with Crippen LogP contribution in [0.3, 0.4) is 0 Å². The third-order valence-electron chi connectivity index (χ3n) is 2.53. The number of rotatable bonds is 5. The standard InChI is InChI=1S/C13H21NO/c1-10(2)13-6-5-12(9-11(13)3)14-7-8-15-4/h5-6,9-10,14H,7-8H2,1-4H3. The van der Waals surface area contributed by atoms with Gasteiger partial charge in [0.05, 0.1) is 6.61 Å². The van der Waals surface area contributed by atoms with Crippen molar-refractivity contribution in [3.05, 3.63) is 29.3 Å². The van der Waals surface area contributed by atoms with Gasteiger partial charge < -0.3 is 10.1 Å². The number of hydrogen-bond acceptors (Lipinski definition) is 2. The van der Waals surface area contributed by atoms with Crippen molar-refractivity contribution in [1.82, 2.24) is 0 Å². The largest absolute Gasteiger partial charge is 0.383 e. The molecule has 0 heterocycles. The molecule has 1 aromatic carbocycles. The fourth-order valence-corrected chi connectivity index (χ4v) is 1.73. The van der Waals surface area contributed by atoms with E-state index in [-0.39, 0.29) is 0 Å². The van der Waals surface area contributed by atoms with Gasteiger partial charge in [0.15, 0.2) is 0 Å². The molecule has 0 radical (unpaired) electrons. The molecule has 0 aliphatic carbocycles. The number of aryl methyl sites for hydroxylation is 1. The van der Waals surface area contributed by atoms with Crippen molar-refractivity contribution >= 4 is 5.69 Å². The zero-order valence-corrected chi connectivity index (χ0v) is 10.1. The SMILES string of the molecule is COCCNc1ccc(C(C)C)c(C)c1. The van der Waals surface area contributed by atoms with Crippen LogP contribution < -0.4 is 5.32 Å². The summed E-state index contributed by atoms with van der Waals surface area (Å²) >= 11 is 0. The molecule has 1 rings (SSSR count). The molecular formula is C13H21NO. The van der Waals surface area contributed by atoms with Crippen LogP contribution in [-0.2, 0) is 4.74 Å². The maximum atomic E-state index is 4.99. The van der Waals surface area contributed by atoms with Gasteiger partial charge >= 0.3 is 0 Å². The Hall–Kier alpha value is -1.02. The molecule has 0 spiro atoms. The second kappa shape index (κ2) is 5.76. The van der Waals surface area contributed by atoms with Crippen molar-refractivity contribution in [2.75, 3.05) is 25.6 Å². The molecule has 84 valence electrons. The van der Waals surface area contributed by atoms with E-state index in [1.165, 1.54) is 16.8 Å². The average molecular weight is 207 g/mol. The molecule has 0 saturated heterocycles. The number of nitrogens with one attached hydrogen (secondary N) is 1. The lowest BCUT2D eigenvalue weighted by Crippen LogP contribution is -2.07. The quantitative estimate of drug-likeness (QED) is 0.749. The summed E-state index contributed by atoms with van der Waals surface area (Å²) in [6, 6.07) is 6.54. The maximum absolute atomic E-state index is 4.99. The highest BCUT2D eigenvalue weighted by atomic mass is 16.5. The number of benzene rings is 1. The van der Waals surface area contributed by atoms with Gasteiger partial charge in [-0.1, -0.05) is 19.9 Å². The van der Waals surface area contributed by atoms with Crippen molar-refractivity contribution in [1.29, 1.82) is 0 Å². The molecule has 0 fully saturated rings. The molecule has 1 N–H and O–H groups in total. The molecule has 2 nitrogen and oxygen atoms in total. The molecule has 15 heavy (non-hydrogen) atoms. The normalized spacial score (nSPS) is 10.7. The van der Waals surface area contributed by atoms with Crippen LogP contribution in [-0.4, -0.2) is 20.3 Å². The number of methoxy groups -OCH3 is 1. The summed E-state index contributed by atoms with van der Waals surface area (Å²) in [4.78, 5) is 0. The third-order valence-corrected chi connectivity index (χ3v) is 2.53.